The van der Waals surface area contributed by atoms with Gasteiger partial charge in [-0.15, -0.1) is 0 Å². The van der Waals surface area contributed by atoms with Crippen molar-refractivity contribution in [1.29, 1.82) is 0 Å². The largest absolute Gasteiger partial charge is 0.351 e. The van der Waals surface area contributed by atoms with Crippen LogP contribution in [0, 0.1) is 5.41 Å². The van der Waals surface area contributed by atoms with Crippen molar-refractivity contribution in [1.82, 2.24) is 10.2 Å². The normalized spacial score (nSPS) is 22.5. The van der Waals surface area contributed by atoms with Gasteiger partial charge in [0.2, 0.25) is 5.91 Å². The van der Waals surface area contributed by atoms with Gasteiger partial charge in [-0.3, -0.25) is 9.69 Å². The molecular weight excluding hydrogens is 260 g/mol. The SMILES string of the molecule is C[C@H](C(=O)NCc1ccccc1)N1CCC2(CCCC2)C1. The second-order valence-corrected chi connectivity index (χ2v) is 6.81. The maximum atomic E-state index is 12.4. The van der Waals surface area contributed by atoms with Crippen molar-refractivity contribution >= 4 is 5.91 Å². The van der Waals surface area contributed by atoms with E-state index in [1.165, 1.54) is 32.1 Å². The molecule has 0 radical (unpaired) electrons. The van der Waals surface area contributed by atoms with Crippen LogP contribution in [0.2, 0.25) is 0 Å². The summed E-state index contributed by atoms with van der Waals surface area (Å²) in [6, 6.07) is 10.1. The highest BCUT2D eigenvalue weighted by Crippen LogP contribution is 2.45. The van der Waals surface area contributed by atoms with Crippen molar-refractivity contribution in [3.8, 4) is 0 Å². The minimum absolute atomic E-state index is 0.00585. The summed E-state index contributed by atoms with van der Waals surface area (Å²) in [7, 11) is 0. The van der Waals surface area contributed by atoms with E-state index in [-0.39, 0.29) is 11.9 Å². The molecule has 1 amide bonds. The number of likely N-dealkylation sites (tertiary alicyclic amines) is 1. The Hall–Kier alpha value is -1.35. The maximum Gasteiger partial charge on any atom is 0.237 e. The standard InChI is InChI=1S/C18H26N2O/c1-15(17(21)19-13-16-7-3-2-4-8-16)20-12-11-18(14-20)9-5-6-10-18/h2-4,7-8,15H,5-6,9-14H2,1H3,(H,19,21)/t15-/m1/s1. The van der Waals surface area contributed by atoms with Crippen LogP contribution < -0.4 is 5.32 Å². The molecule has 114 valence electrons. The molecule has 1 aromatic rings. The Kier molecular flexibility index (Phi) is 4.29. The van der Waals surface area contributed by atoms with E-state index in [9.17, 15) is 4.79 Å². The molecule has 2 fully saturated rings. The van der Waals surface area contributed by atoms with Gasteiger partial charge < -0.3 is 5.32 Å². The fourth-order valence-corrected chi connectivity index (χ4v) is 3.93. The Bertz CT molecular complexity index is 479. The molecule has 1 spiro atoms. The van der Waals surface area contributed by atoms with Crippen LogP contribution in [-0.2, 0) is 11.3 Å². The van der Waals surface area contributed by atoms with Gasteiger partial charge in [-0.2, -0.15) is 0 Å². The third-order valence-corrected chi connectivity index (χ3v) is 5.37. The van der Waals surface area contributed by atoms with E-state index in [4.69, 9.17) is 0 Å². The van der Waals surface area contributed by atoms with Gasteiger partial charge in [0.15, 0.2) is 0 Å². The summed E-state index contributed by atoms with van der Waals surface area (Å²) < 4.78 is 0. The number of hydrogen-bond donors (Lipinski definition) is 1. The van der Waals surface area contributed by atoms with Crippen molar-refractivity contribution in [2.75, 3.05) is 13.1 Å². The summed E-state index contributed by atoms with van der Waals surface area (Å²) in [6.07, 6.45) is 6.76. The molecule has 2 aliphatic rings. The second-order valence-electron chi connectivity index (χ2n) is 6.81. The lowest BCUT2D eigenvalue weighted by Gasteiger charge is -2.27. The molecule has 1 aliphatic carbocycles. The topological polar surface area (TPSA) is 32.3 Å². The molecule has 1 aromatic carbocycles. The maximum absolute atomic E-state index is 12.4. The fourth-order valence-electron chi connectivity index (χ4n) is 3.93. The molecule has 0 aromatic heterocycles. The van der Waals surface area contributed by atoms with E-state index in [0.29, 0.717) is 12.0 Å². The number of carbonyl (C=O) groups is 1. The van der Waals surface area contributed by atoms with Crippen molar-refractivity contribution in [2.24, 2.45) is 5.41 Å². The molecule has 1 saturated heterocycles. The number of hydrogen-bond acceptors (Lipinski definition) is 2. The van der Waals surface area contributed by atoms with E-state index in [0.717, 1.165) is 18.7 Å². The first-order chi connectivity index (χ1) is 10.2. The number of nitrogens with one attached hydrogen (secondary N) is 1. The number of rotatable bonds is 4. The highest BCUT2D eigenvalue weighted by molar-refractivity contribution is 5.81. The number of amides is 1. The van der Waals surface area contributed by atoms with E-state index >= 15 is 0 Å². The highest BCUT2D eigenvalue weighted by atomic mass is 16.2. The Morgan fingerprint density at radius 1 is 1.24 bits per heavy atom. The summed E-state index contributed by atoms with van der Waals surface area (Å²) in [5, 5.41) is 3.07. The first kappa shape index (κ1) is 14.6. The van der Waals surface area contributed by atoms with Gasteiger partial charge in [0, 0.05) is 13.1 Å². The quantitative estimate of drug-likeness (QED) is 0.923. The fraction of sp³-hybridized carbons (Fsp3) is 0.611. The van der Waals surface area contributed by atoms with Crippen LogP contribution in [0.15, 0.2) is 30.3 Å². The zero-order chi connectivity index (χ0) is 14.7. The summed E-state index contributed by atoms with van der Waals surface area (Å²) in [6.45, 7) is 4.88. The minimum atomic E-state index is -0.00585. The number of benzene rings is 1. The van der Waals surface area contributed by atoms with E-state index in [2.05, 4.69) is 10.2 Å². The van der Waals surface area contributed by atoms with E-state index < -0.39 is 0 Å². The Labute approximate surface area is 127 Å². The monoisotopic (exact) mass is 286 g/mol. The van der Waals surface area contributed by atoms with Crippen molar-refractivity contribution in [3.63, 3.8) is 0 Å². The van der Waals surface area contributed by atoms with Crippen LogP contribution in [-0.4, -0.2) is 29.9 Å². The predicted molar refractivity (Wildman–Crippen MR) is 84.8 cm³/mol. The molecule has 21 heavy (non-hydrogen) atoms. The molecule has 3 heteroatoms. The average Bonchev–Trinajstić information content (AvgIpc) is 3.16. The van der Waals surface area contributed by atoms with E-state index in [1.807, 2.05) is 37.3 Å². The van der Waals surface area contributed by atoms with Gasteiger partial charge in [0.1, 0.15) is 0 Å². The summed E-state index contributed by atoms with van der Waals surface area (Å²) in [5.74, 6) is 0.161. The van der Waals surface area contributed by atoms with Crippen LogP contribution in [0.4, 0.5) is 0 Å². The summed E-state index contributed by atoms with van der Waals surface area (Å²) in [5.41, 5.74) is 1.69. The summed E-state index contributed by atoms with van der Waals surface area (Å²) >= 11 is 0. The number of carbonyl (C=O) groups excluding carboxylic acids is 1. The van der Waals surface area contributed by atoms with Gasteiger partial charge in [-0.25, -0.2) is 0 Å². The average molecular weight is 286 g/mol. The first-order valence-electron chi connectivity index (χ1n) is 8.24. The van der Waals surface area contributed by atoms with Crippen LogP contribution in [0.1, 0.15) is 44.6 Å². The lowest BCUT2D eigenvalue weighted by molar-refractivity contribution is -0.125. The van der Waals surface area contributed by atoms with Gasteiger partial charge in [-0.05, 0) is 43.7 Å². The first-order valence-corrected chi connectivity index (χ1v) is 8.24. The molecule has 1 aliphatic heterocycles. The molecular formula is C18H26N2O. The molecule has 0 bridgehead atoms. The smallest absolute Gasteiger partial charge is 0.237 e. The van der Waals surface area contributed by atoms with Crippen LogP contribution in [0.25, 0.3) is 0 Å². The highest BCUT2D eigenvalue weighted by Gasteiger charge is 2.42. The molecule has 3 nitrogen and oxygen atoms in total. The van der Waals surface area contributed by atoms with Gasteiger partial charge in [0.25, 0.3) is 0 Å². The van der Waals surface area contributed by atoms with Gasteiger partial charge in [-0.1, -0.05) is 43.2 Å². The van der Waals surface area contributed by atoms with Gasteiger partial charge in [0.05, 0.1) is 6.04 Å². The van der Waals surface area contributed by atoms with E-state index in [1.54, 1.807) is 0 Å². The lowest BCUT2D eigenvalue weighted by atomic mass is 9.86. The zero-order valence-corrected chi connectivity index (χ0v) is 13.0. The Morgan fingerprint density at radius 2 is 1.95 bits per heavy atom. The Morgan fingerprint density at radius 3 is 2.67 bits per heavy atom. The van der Waals surface area contributed by atoms with Crippen LogP contribution in [0.3, 0.4) is 0 Å². The molecule has 1 N–H and O–H groups in total. The van der Waals surface area contributed by atoms with Crippen LogP contribution in [0.5, 0.6) is 0 Å². The van der Waals surface area contributed by atoms with Crippen LogP contribution >= 0.6 is 0 Å². The zero-order valence-electron chi connectivity index (χ0n) is 13.0. The van der Waals surface area contributed by atoms with Crippen molar-refractivity contribution in [2.45, 2.75) is 51.6 Å². The van der Waals surface area contributed by atoms with Crippen molar-refractivity contribution < 1.29 is 4.79 Å². The second kappa shape index (κ2) is 6.18. The van der Waals surface area contributed by atoms with Crippen molar-refractivity contribution in [3.05, 3.63) is 35.9 Å². The number of nitrogens with zero attached hydrogens (tertiary/aromatic N) is 1. The lowest BCUT2D eigenvalue weighted by Crippen LogP contribution is -2.44. The minimum Gasteiger partial charge on any atom is -0.351 e. The molecule has 1 atom stereocenters. The summed E-state index contributed by atoms with van der Waals surface area (Å²) in [4.78, 5) is 14.7. The van der Waals surface area contributed by atoms with Gasteiger partial charge >= 0.3 is 0 Å². The molecule has 1 heterocycles. The molecule has 3 rings (SSSR count). The predicted octanol–water partition coefficient (Wildman–Crippen LogP) is 2.96. The third kappa shape index (κ3) is 3.29. The molecule has 1 saturated carbocycles. The molecule has 0 unspecified atom stereocenters. The third-order valence-electron chi connectivity index (χ3n) is 5.37. The Balaban J connectivity index is 1.51.